The second-order valence-electron chi connectivity index (χ2n) is 4.97. The molecule has 3 aromatic rings. The Morgan fingerprint density at radius 3 is 2.46 bits per heavy atom. The highest BCUT2D eigenvalue weighted by atomic mass is 32.2. The van der Waals surface area contributed by atoms with Gasteiger partial charge in [0.05, 0.1) is 25.0 Å². The van der Waals surface area contributed by atoms with E-state index in [-0.39, 0.29) is 0 Å². The van der Waals surface area contributed by atoms with Gasteiger partial charge in [0.2, 0.25) is 0 Å². The molecule has 124 valence electrons. The van der Waals surface area contributed by atoms with Crippen LogP contribution in [0.5, 0.6) is 11.5 Å². The maximum Gasteiger partial charge on any atom is 0.195 e. The van der Waals surface area contributed by atoms with Crippen molar-refractivity contribution in [1.29, 1.82) is 0 Å². The van der Waals surface area contributed by atoms with Crippen LogP contribution in [0.25, 0.3) is 17.1 Å². The maximum atomic E-state index is 5.52. The lowest BCUT2D eigenvalue weighted by atomic mass is 10.2. The van der Waals surface area contributed by atoms with Gasteiger partial charge in [0.15, 0.2) is 11.0 Å². The number of hydrogen-bond acceptors (Lipinski definition) is 5. The van der Waals surface area contributed by atoms with E-state index >= 15 is 0 Å². The minimum Gasteiger partial charge on any atom is -0.496 e. The van der Waals surface area contributed by atoms with E-state index in [1.807, 2.05) is 66.3 Å². The van der Waals surface area contributed by atoms with E-state index in [0.717, 1.165) is 33.7 Å². The quantitative estimate of drug-likeness (QED) is 0.633. The number of thioether (sulfide) groups is 1. The molecule has 2 aromatic carbocycles. The molecule has 0 aliphatic carbocycles. The molecule has 0 aliphatic rings. The van der Waals surface area contributed by atoms with E-state index < -0.39 is 0 Å². The van der Waals surface area contributed by atoms with Gasteiger partial charge in [-0.25, -0.2) is 0 Å². The molecule has 0 bridgehead atoms. The summed E-state index contributed by atoms with van der Waals surface area (Å²) in [5.41, 5.74) is 1.88. The van der Waals surface area contributed by atoms with Crippen LogP contribution in [0.4, 0.5) is 0 Å². The van der Waals surface area contributed by atoms with Crippen molar-refractivity contribution in [2.75, 3.05) is 20.0 Å². The van der Waals surface area contributed by atoms with Gasteiger partial charge >= 0.3 is 0 Å². The molecule has 0 spiro atoms. The first-order valence-electron chi connectivity index (χ1n) is 7.64. The fraction of sp³-hybridized carbons (Fsp3) is 0.222. The summed E-state index contributed by atoms with van der Waals surface area (Å²) in [6.07, 6.45) is 1.99. The van der Waals surface area contributed by atoms with Crippen LogP contribution in [0, 0.1) is 0 Å². The predicted molar refractivity (Wildman–Crippen MR) is 96.3 cm³/mol. The molecule has 1 aromatic heterocycles. The van der Waals surface area contributed by atoms with Gasteiger partial charge in [0.1, 0.15) is 11.5 Å². The van der Waals surface area contributed by atoms with Crippen molar-refractivity contribution in [1.82, 2.24) is 14.8 Å². The van der Waals surface area contributed by atoms with E-state index in [1.54, 1.807) is 18.9 Å². The molecule has 24 heavy (non-hydrogen) atoms. The normalized spacial score (nSPS) is 10.6. The van der Waals surface area contributed by atoms with Gasteiger partial charge < -0.3 is 9.47 Å². The number of aromatic nitrogens is 3. The maximum absolute atomic E-state index is 5.52. The average molecular weight is 341 g/mol. The van der Waals surface area contributed by atoms with Crippen LogP contribution >= 0.6 is 11.8 Å². The lowest BCUT2D eigenvalue weighted by molar-refractivity contribution is 0.340. The number of hydrogen-bond donors (Lipinski definition) is 0. The molecule has 0 saturated carbocycles. The molecule has 0 atom stereocenters. The van der Waals surface area contributed by atoms with Gasteiger partial charge in [-0.05, 0) is 49.6 Å². The summed E-state index contributed by atoms with van der Waals surface area (Å²) in [5, 5.41) is 9.51. The minimum absolute atomic E-state index is 0.647. The first-order valence-corrected chi connectivity index (χ1v) is 8.87. The monoisotopic (exact) mass is 341 g/mol. The van der Waals surface area contributed by atoms with Crippen molar-refractivity contribution in [3.63, 3.8) is 0 Å². The highest BCUT2D eigenvalue weighted by Gasteiger charge is 2.18. The fourth-order valence-corrected chi connectivity index (χ4v) is 2.99. The second-order valence-corrected chi connectivity index (χ2v) is 5.75. The third-order valence-corrected chi connectivity index (χ3v) is 4.20. The van der Waals surface area contributed by atoms with Crippen LogP contribution in [0.15, 0.2) is 53.7 Å². The number of benzene rings is 2. The highest BCUT2D eigenvalue weighted by Crippen LogP contribution is 2.33. The molecule has 0 fully saturated rings. The average Bonchev–Trinajstić information content (AvgIpc) is 3.06. The number of para-hydroxylation sites is 1. The Morgan fingerprint density at radius 2 is 1.79 bits per heavy atom. The van der Waals surface area contributed by atoms with Gasteiger partial charge in [0.25, 0.3) is 0 Å². The molecule has 3 rings (SSSR count). The molecule has 0 aliphatic heterocycles. The zero-order chi connectivity index (χ0) is 16.9. The Bertz CT molecular complexity index is 815. The molecule has 1 heterocycles. The van der Waals surface area contributed by atoms with Crippen molar-refractivity contribution in [2.45, 2.75) is 12.1 Å². The van der Waals surface area contributed by atoms with E-state index in [1.165, 1.54) is 0 Å². The van der Waals surface area contributed by atoms with Crippen LogP contribution < -0.4 is 9.47 Å². The number of rotatable bonds is 6. The molecular formula is C18H19N3O2S. The molecule has 0 radical (unpaired) electrons. The van der Waals surface area contributed by atoms with Crippen LogP contribution in [0.2, 0.25) is 0 Å². The molecule has 0 unspecified atom stereocenters. The van der Waals surface area contributed by atoms with Gasteiger partial charge in [0, 0.05) is 0 Å². The number of nitrogens with zero attached hydrogens (tertiary/aromatic N) is 3. The standard InChI is InChI=1S/C18H19N3O2S/c1-4-23-14-11-9-13(10-12-14)21-17(19-20-18(21)24-3)15-7-5-6-8-16(15)22-2/h5-12H,4H2,1-3H3. The first-order chi connectivity index (χ1) is 11.8. The Kier molecular flexibility index (Phi) is 5.05. The smallest absolute Gasteiger partial charge is 0.195 e. The molecular weight excluding hydrogens is 322 g/mol. The molecule has 6 heteroatoms. The van der Waals surface area contributed by atoms with E-state index in [4.69, 9.17) is 9.47 Å². The lowest BCUT2D eigenvalue weighted by Crippen LogP contribution is -2.01. The number of ether oxygens (including phenoxy) is 2. The summed E-state index contributed by atoms with van der Waals surface area (Å²) in [4.78, 5) is 0. The second kappa shape index (κ2) is 7.40. The van der Waals surface area contributed by atoms with Crippen LogP contribution in [-0.4, -0.2) is 34.7 Å². The van der Waals surface area contributed by atoms with Crippen molar-refractivity contribution in [3.05, 3.63) is 48.5 Å². The Morgan fingerprint density at radius 1 is 1.04 bits per heavy atom. The topological polar surface area (TPSA) is 49.2 Å². The summed E-state index contributed by atoms with van der Waals surface area (Å²) in [6.45, 7) is 2.62. The summed E-state index contributed by atoms with van der Waals surface area (Å²) >= 11 is 1.55. The third kappa shape index (κ3) is 3.10. The van der Waals surface area contributed by atoms with Crippen molar-refractivity contribution in [3.8, 4) is 28.6 Å². The van der Waals surface area contributed by atoms with Gasteiger partial charge in [-0.2, -0.15) is 0 Å². The minimum atomic E-state index is 0.647. The zero-order valence-corrected chi connectivity index (χ0v) is 14.7. The largest absolute Gasteiger partial charge is 0.496 e. The van der Waals surface area contributed by atoms with Crippen molar-refractivity contribution in [2.24, 2.45) is 0 Å². The summed E-state index contributed by atoms with van der Waals surface area (Å²) < 4.78 is 13.0. The van der Waals surface area contributed by atoms with E-state index in [9.17, 15) is 0 Å². The molecule has 0 N–H and O–H groups in total. The van der Waals surface area contributed by atoms with Crippen LogP contribution in [0.3, 0.4) is 0 Å². The van der Waals surface area contributed by atoms with Crippen molar-refractivity contribution >= 4 is 11.8 Å². The van der Waals surface area contributed by atoms with E-state index in [2.05, 4.69) is 10.2 Å². The zero-order valence-electron chi connectivity index (χ0n) is 13.9. The highest BCUT2D eigenvalue weighted by molar-refractivity contribution is 7.98. The summed E-state index contributed by atoms with van der Waals surface area (Å²) in [7, 11) is 1.66. The van der Waals surface area contributed by atoms with Crippen molar-refractivity contribution < 1.29 is 9.47 Å². The predicted octanol–water partition coefficient (Wildman–Crippen LogP) is 4.06. The molecule has 0 saturated heterocycles. The summed E-state index contributed by atoms with van der Waals surface area (Å²) in [5.74, 6) is 2.37. The summed E-state index contributed by atoms with van der Waals surface area (Å²) in [6, 6.07) is 15.7. The third-order valence-electron chi connectivity index (χ3n) is 3.57. The Hall–Kier alpha value is -2.47. The van der Waals surface area contributed by atoms with Crippen LogP contribution in [0.1, 0.15) is 6.92 Å². The SMILES string of the molecule is CCOc1ccc(-n2c(SC)nnc2-c2ccccc2OC)cc1. The van der Waals surface area contributed by atoms with Gasteiger partial charge in [-0.15, -0.1) is 10.2 Å². The fourth-order valence-electron chi connectivity index (χ4n) is 2.50. The molecule has 0 amide bonds. The molecule has 5 nitrogen and oxygen atoms in total. The van der Waals surface area contributed by atoms with Crippen LogP contribution in [-0.2, 0) is 0 Å². The Labute approximate surface area is 145 Å². The van der Waals surface area contributed by atoms with E-state index in [0.29, 0.717) is 6.61 Å². The Balaban J connectivity index is 2.11. The lowest BCUT2D eigenvalue weighted by Gasteiger charge is -2.12. The number of methoxy groups -OCH3 is 1. The van der Waals surface area contributed by atoms with Gasteiger partial charge in [-0.3, -0.25) is 4.57 Å². The van der Waals surface area contributed by atoms with Gasteiger partial charge in [-0.1, -0.05) is 23.9 Å². The first kappa shape index (κ1) is 16.4.